The Bertz CT molecular complexity index is 684. The molecule has 25 heavy (non-hydrogen) atoms. The molecule has 4 aromatic carbocycles. The third kappa shape index (κ3) is 7.95. The predicted octanol–water partition coefficient (Wildman–Crippen LogP) is 6.16. The maximum atomic E-state index is 8.30. The van der Waals surface area contributed by atoms with E-state index in [2.05, 4.69) is 91.9 Å². The number of aliphatic hydroxyl groups is 1. The Morgan fingerprint density at radius 3 is 1.52 bits per heavy atom. The largest absolute Gasteiger partial charge is 4.00 e. The summed E-state index contributed by atoms with van der Waals surface area (Å²) < 4.78 is 0. The van der Waals surface area contributed by atoms with Crippen LogP contribution in [0.15, 0.2) is 84.9 Å². The predicted molar refractivity (Wildman–Crippen MR) is 107 cm³/mol. The van der Waals surface area contributed by atoms with Crippen molar-refractivity contribution in [1.29, 1.82) is 0 Å². The third-order valence-corrected chi connectivity index (χ3v) is 3.51. The normalized spacial score (nSPS) is 10.4. The van der Waals surface area contributed by atoms with Crippen molar-refractivity contribution < 1.29 is 31.3 Å². The molecule has 0 heterocycles. The number of aliphatic hydroxyl groups excluding tert-OH is 1. The van der Waals surface area contributed by atoms with Crippen LogP contribution in [-0.2, 0) is 26.2 Å². The molecule has 0 spiro atoms. The molecule has 0 fully saturated rings. The van der Waals surface area contributed by atoms with Gasteiger partial charge in [0.05, 0.1) is 0 Å². The van der Waals surface area contributed by atoms with Crippen molar-refractivity contribution in [1.82, 2.24) is 0 Å². The fourth-order valence-electron chi connectivity index (χ4n) is 2.14. The average Bonchev–Trinajstić information content (AvgIpc) is 3.24. The molecule has 0 saturated heterocycles. The van der Waals surface area contributed by atoms with Gasteiger partial charge in [0, 0.05) is 6.10 Å². The van der Waals surface area contributed by atoms with Gasteiger partial charge in [-0.1, -0.05) is 12.1 Å². The van der Waals surface area contributed by atoms with E-state index in [1.54, 1.807) is 6.92 Å². The first-order chi connectivity index (χ1) is 11.2. The van der Waals surface area contributed by atoms with Crippen LogP contribution in [0.5, 0.6) is 0 Å². The second-order valence-electron chi connectivity index (χ2n) is 5.45. The summed E-state index contributed by atoms with van der Waals surface area (Å²) in [5, 5.41) is 13.6. The summed E-state index contributed by atoms with van der Waals surface area (Å²) in [4.78, 5) is 0. The number of rotatable bonds is 1. The van der Waals surface area contributed by atoms with Crippen molar-refractivity contribution in [3.8, 4) is 0 Å². The Morgan fingerprint density at radius 1 is 0.840 bits per heavy atom. The molecule has 2 heteroatoms. The van der Waals surface area contributed by atoms with Crippen LogP contribution in [0.4, 0.5) is 0 Å². The van der Waals surface area contributed by atoms with Crippen LogP contribution in [0.25, 0.3) is 21.5 Å². The topological polar surface area (TPSA) is 20.2 Å². The zero-order chi connectivity index (χ0) is 16.5. The Morgan fingerprint density at radius 2 is 1.20 bits per heavy atom. The van der Waals surface area contributed by atoms with Gasteiger partial charge in [0.1, 0.15) is 0 Å². The quantitative estimate of drug-likeness (QED) is 0.373. The van der Waals surface area contributed by atoms with Gasteiger partial charge in [-0.05, 0) is 6.92 Å². The van der Waals surface area contributed by atoms with Gasteiger partial charge in [-0.3, -0.25) is 0 Å². The molecule has 0 aliphatic rings. The smallest absolute Gasteiger partial charge is 0.396 e. The number of fused-ring (bicyclic) bond motifs is 2. The Labute approximate surface area is 171 Å². The second kappa shape index (κ2) is 12.8. The van der Waals surface area contributed by atoms with Crippen molar-refractivity contribution in [2.75, 3.05) is 0 Å². The van der Waals surface area contributed by atoms with Crippen LogP contribution >= 0.6 is 0 Å². The maximum absolute atomic E-state index is 8.30. The van der Waals surface area contributed by atoms with Crippen molar-refractivity contribution in [2.45, 2.75) is 19.4 Å². The van der Waals surface area contributed by atoms with E-state index in [0.717, 1.165) is 0 Å². The van der Waals surface area contributed by atoms with Gasteiger partial charge in [0.2, 0.25) is 0 Å². The van der Waals surface area contributed by atoms with E-state index in [1.807, 2.05) is 0 Å². The third-order valence-electron chi connectivity index (χ3n) is 3.51. The second-order valence-corrected chi connectivity index (χ2v) is 5.45. The van der Waals surface area contributed by atoms with Crippen LogP contribution in [0, 0.1) is 14.4 Å². The molecule has 0 amide bonds. The van der Waals surface area contributed by atoms with E-state index in [0.29, 0.717) is 6.42 Å². The van der Waals surface area contributed by atoms with Crippen LogP contribution < -0.4 is 0 Å². The van der Waals surface area contributed by atoms with E-state index in [4.69, 9.17) is 5.11 Å². The number of benzene rings is 2. The minimum Gasteiger partial charge on any atom is -0.396 e. The Hall–Kier alpha value is -1.50. The molecule has 1 N–H and O–H groups in total. The molecule has 0 radical (unpaired) electrons. The molecule has 4 rings (SSSR count). The van der Waals surface area contributed by atoms with Gasteiger partial charge in [-0.2, -0.15) is 41.5 Å². The summed E-state index contributed by atoms with van der Waals surface area (Å²) in [6, 6.07) is 29.3. The molecule has 1 unspecified atom stereocenters. The minimum absolute atomic E-state index is 0. The summed E-state index contributed by atoms with van der Waals surface area (Å²) in [6.45, 7) is 5.15. The van der Waals surface area contributed by atoms with Crippen molar-refractivity contribution >= 4 is 21.5 Å². The van der Waals surface area contributed by atoms with Crippen LogP contribution in [0.1, 0.15) is 13.3 Å². The molecule has 0 aliphatic heterocycles. The standard InChI is InChI=1S/2C9H7.C4H9O.CH3.Zr/c2*1-2-5-9-7-3-6-8(9)4-1;1-3-4(2)5;;/h2*1-7H;4-5H,1,3H2,2H3;1H3;/q4*-1;+4. The maximum Gasteiger partial charge on any atom is 4.00 e. The molecular weight excluding hydrogens is 383 g/mol. The first-order valence-electron chi connectivity index (χ1n) is 7.89. The summed E-state index contributed by atoms with van der Waals surface area (Å²) in [7, 11) is 0. The van der Waals surface area contributed by atoms with Crippen molar-refractivity contribution in [3.05, 3.63) is 99.3 Å². The van der Waals surface area contributed by atoms with E-state index in [1.165, 1.54) is 21.5 Å². The Balaban J connectivity index is 0.000000348. The molecule has 1 atom stereocenters. The van der Waals surface area contributed by atoms with Gasteiger partial charge in [0.15, 0.2) is 0 Å². The molecule has 0 bridgehead atoms. The molecule has 0 aromatic heterocycles. The SMILES string of the molecule is [CH2-]CC(C)O.[CH3-].[Zr+4].c1ccc2[cH-]ccc2c1.c1ccc2[cH-]ccc2c1. The van der Waals surface area contributed by atoms with Gasteiger partial charge in [-0.25, -0.2) is 0 Å². The summed E-state index contributed by atoms with van der Waals surface area (Å²) in [6.07, 6.45) is 0.384. The monoisotopic (exact) mass is 408 g/mol. The fraction of sp³-hybridized carbons (Fsp3) is 0.130. The summed E-state index contributed by atoms with van der Waals surface area (Å²) in [5.74, 6) is 0. The molecule has 0 aliphatic carbocycles. The summed E-state index contributed by atoms with van der Waals surface area (Å²) in [5.41, 5.74) is 0. The van der Waals surface area contributed by atoms with Gasteiger partial charge in [0.25, 0.3) is 0 Å². The molecule has 1 nitrogen and oxygen atoms in total. The Kier molecular flexibility index (Phi) is 12.0. The first-order valence-corrected chi connectivity index (χ1v) is 7.89. The number of hydrogen-bond donors (Lipinski definition) is 1. The van der Waals surface area contributed by atoms with Crippen molar-refractivity contribution in [2.24, 2.45) is 0 Å². The minimum atomic E-state index is -0.227. The first kappa shape index (κ1) is 23.5. The van der Waals surface area contributed by atoms with Gasteiger partial charge >= 0.3 is 26.2 Å². The van der Waals surface area contributed by atoms with E-state index < -0.39 is 0 Å². The average molecular weight is 410 g/mol. The summed E-state index contributed by atoms with van der Waals surface area (Å²) >= 11 is 0. The molecular formula is C23H26OZr. The molecule has 4 aromatic rings. The zero-order valence-corrected chi connectivity index (χ0v) is 17.5. The number of hydrogen-bond acceptors (Lipinski definition) is 1. The van der Waals surface area contributed by atoms with Crippen LogP contribution in [0.2, 0.25) is 0 Å². The fourth-order valence-corrected chi connectivity index (χ4v) is 2.14. The van der Waals surface area contributed by atoms with Crippen LogP contribution in [0.3, 0.4) is 0 Å². The molecule has 128 valence electrons. The van der Waals surface area contributed by atoms with Gasteiger partial charge < -0.3 is 19.5 Å². The van der Waals surface area contributed by atoms with E-state index in [-0.39, 0.29) is 39.7 Å². The van der Waals surface area contributed by atoms with Crippen LogP contribution in [-0.4, -0.2) is 11.2 Å². The van der Waals surface area contributed by atoms with E-state index >= 15 is 0 Å². The van der Waals surface area contributed by atoms with Crippen molar-refractivity contribution in [3.63, 3.8) is 0 Å². The zero-order valence-electron chi connectivity index (χ0n) is 15.0. The van der Waals surface area contributed by atoms with Gasteiger partial charge in [-0.15, -0.1) is 59.3 Å². The van der Waals surface area contributed by atoms with E-state index in [9.17, 15) is 0 Å². The molecule has 0 saturated carbocycles.